The lowest BCUT2D eigenvalue weighted by atomic mass is 10.2. The molecular formula is C9H12F3N3O3. The van der Waals surface area contributed by atoms with Crippen LogP contribution in [-0.2, 0) is 22.5 Å². The Balaban J connectivity index is 2.25. The van der Waals surface area contributed by atoms with Crippen LogP contribution < -0.4 is 0 Å². The van der Waals surface area contributed by atoms with Gasteiger partial charge < -0.3 is 9.84 Å². The van der Waals surface area contributed by atoms with Crippen LogP contribution in [0.4, 0.5) is 13.2 Å². The molecule has 9 heteroatoms. The van der Waals surface area contributed by atoms with E-state index in [1.807, 2.05) is 0 Å². The molecule has 0 aliphatic carbocycles. The Morgan fingerprint density at radius 3 is 2.83 bits per heavy atom. The van der Waals surface area contributed by atoms with Gasteiger partial charge in [0, 0.05) is 12.6 Å². The summed E-state index contributed by atoms with van der Waals surface area (Å²) in [6, 6.07) is 0. The van der Waals surface area contributed by atoms with E-state index in [2.05, 4.69) is 15.0 Å². The van der Waals surface area contributed by atoms with Crippen LogP contribution in [0.1, 0.15) is 12.1 Å². The summed E-state index contributed by atoms with van der Waals surface area (Å²) in [5.41, 5.74) is 0.480. The smallest absolute Gasteiger partial charge is 0.411 e. The van der Waals surface area contributed by atoms with Crippen LogP contribution in [0.25, 0.3) is 0 Å². The van der Waals surface area contributed by atoms with Crippen LogP contribution in [0.15, 0.2) is 6.20 Å². The van der Waals surface area contributed by atoms with E-state index >= 15 is 0 Å². The van der Waals surface area contributed by atoms with Gasteiger partial charge in [-0.1, -0.05) is 5.21 Å². The highest BCUT2D eigenvalue weighted by atomic mass is 19.4. The first kappa shape index (κ1) is 14.4. The van der Waals surface area contributed by atoms with Crippen LogP contribution in [0, 0.1) is 0 Å². The molecule has 0 atom stereocenters. The zero-order valence-electron chi connectivity index (χ0n) is 9.35. The van der Waals surface area contributed by atoms with Crippen LogP contribution in [-0.4, -0.2) is 45.5 Å². The highest BCUT2D eigenvalue weighted by Crippen LogP contribution is 2.14. The topological polar surface area (TPSA) is 77.2 Å². The molecule has 0 aliphatic rings. The van der Waals surface area contributed by atoms with Gasteiger partial charge in [-0.2, -0.15) is 13.2 Å². The number of alkyl halides is 3. The van der Waals surface area contributed by atoms with Crippen molar-refractivity contribution in [2.45, 2.75) is 25.6 Å². The van der Waals surface area contributed by atoms with E-state index < -0.39 is 18.8 Å². The monoisotopic (exact) mass is 267 g/mol. The zero-order chi connectivity index (χ0) is 13.6. The third-order valence-corrected chi connectivity index (χ3v) is 1.91. The average molecular weight is 267 g/mol. The lowest BCUT2D eigenvalue weighted by molar-refractivity contribution is -0.174. The number of carboxylic acid groups (broad SMARTS) is 1. The quantitative estimate of drug-likeness (QED) is 0.742. The normalized spacial score (nSPS) is 11.7. The fourth-order valence-electron chi connectivity index (χ4n) is 1.14. The maximum atomic E-state index is 11.7. The molecule has 0 aromatic carbocycles. The molecule has 0 saturated carbocycles. The van der Waals surface area contributed by atoms with Crippen molar-refractivity contribution in [3.63, 3.8) is 0 Å². The molecular weight excluding hydrogens is 255 g/mol. The molecule has 0 spiro atoms. The maximum Gasteiger partial charge on any atom is 0.411 e. The first-order valence-electron chi connectivity index (χ1n) is 5.12. The molecule has 1 aromatic heterocycles. The lowest BCUT2D eigenvalue weighted by Crippen LogP contribution is -2.19. The third-order valence-electron chi connectivity index (χ3n) is 1.91. The standard InChI is InChI=1S/C9H12F3N3O3/c10-9(11,12)6-18-4-3-15-5-7(13-14-15)1-2-8(16)17/h5H,1-4,6H2,(H,16,17). The summed E-state index contributed by atoms with van der Waals surface area (Å²) in [4.78, 5) is 10.3. The number of hydrogen-bond acceptors (Lipinski definition) is 4. The average Bonchev–Trinajstić information content (AvgIpc) is 2.68. The number of carboxylic acids is 1. The molecule has 1 heterocycles. The molecule has 0 radical (unpaired) electrons. The molecule has 0 aliphatic heterocycles. The van der Waals surface area contributed by atoms with E-state index in [4.69, 9.17) is 5.11 Å². The molecule has 1 aromatic rings. The predicted octanol–water partition coefficient (Wildman–Crippen LogP) is 0.874. The number of hydrogen-bond donors (Lipinski definition) is 1. The number of halogens is 3. The molecule has 0 amide bonds. The number of aromatic nitrogens is 3. The molecule has 1 rings (SSSR count). The summed E-state index contributed by atoms with van der Waals surface area (Å²) in [6.45, 7) is -1.30. The van der Waals surface area contributed by atoms with Crippen molar-refractivity contribution in [2.75, 3.05) is 13.2 Å². The number of aryl methyl sites for hydroxylation is 1. The van der Waals surface area contributed by atoms with Gasteiger partial charge in [-0.25, -0.2) is 4.68 Å². The van der Waals surface area contributed by atoms with Crippen molar-refractivity contribution in [3.05, 3.63) is 11.9 Å². The van der Waals surface area contributed by atoms with Gasteiger partial charge in [0.15, 0.2) is 0 Å². The van der Waals surface area contributed by atoms with Crippen LogP contribution in [0.3, 0.4) is 0 Å². The summed E-state index contributed by atoms with van der Waals surface area (Å²) < 4.78 is 41.0. The summed E-state index contributed by atoms with van der Waals surface area (Å²) in [7, 11) is 0. The molecule has 0 bridgehead atoms. The van der Waals surface area contributed by atoms with Crippen molar-refractivity contribution in [1.29, 1.82) is 0 Å². The highest BCUT2D eigenvalue weighted by Gasteiger charge is 2.27. The molecule has 0 fully saturated rings. The van der Waals surface area contributed by atoms with E-state index in [1.165, 1.54) is 10.9 Å². The Kier molecular flexibility index (Phi) is 5.08. The van der Waals surface area contributed by atoms with Crippen molar-refractivity contribution < 1.29 is 27.8 Å². The summed E-state index contributed by atoms with van der Waals surface area (Å²) in [5.74, 6) is -0.946. The molecule has 0 unspecified atom stereocenters. The number of aliphatic carboxylic acids is 1. The first-order chi connectivity index (χ1) is 8.37. The predicted molar refractivity (Wildman–Crippen MR) is 52.9 cm³/mol. The minimum absolute atomic E-state index is 0.0662. The van der Waals surface area contributed by atoms with Crippen molar-refractivity contribution >= 4 is 5.97 Å². The van der Waals surface area contributed by atoms with Gasteiger partial charge in [0.2, 0.25) is 0 Å². The Hall–Kier alpha value is -1.64. The van der Waals surface area contributed by atoms with Crippen molar-refractivity contribution in [3.8, 4) is 0 Å². The Morgan fingerprint density at radius 1 is 1.50 bits per heavy atom. The zero-order valence-corrected chi connectivity index (χ0v) is 9.35. The van der Waals surface area contributed by atoms with E-state index in [-0.39, 0.29) is 26.0 Å². The van der Waals surface area contributed by atoms with Crippen molar-refractivity contribution in [2.24, 2.45) is 0 Å². The maximum absolute atomic E-state index is 11.7. The van der Waals surface area contributed by atoms with E-state index in [0.29, 0.717) is 5.69 Å². The first-order valence-corrected chi connectivity index (χ1v) is 5.12. The van der Waals surface area contributed by atoms with Crippen LogP contribution in [0.2, 0.25) is 0 Å². The minimum atomic E-state index is -4.34. The van der Waals surface area contributed by atoms with Gasteiger partial charge >= 0.3 is 12.1 Å². The summed E-state index contributed by atoms with van der Waals surface area (Å²) in [6.07, 6.45) is -2.68. The van der Waals surface area contributed by atoms with Gasteiger partial charge in [0.1, 0.15) is 6.61 Å². The lowest BCUT2D eigenvalue weighted by Gasteiger charge is -2.06. The highest BCUT2D eigenvalue weighted by molar-refractivity contribution is 5.66. The number of ether oxygens (including phenoxy) is 1. The second-order valence-electron chi connectivity index (χ2n) is 3.53. The Bertz CT molecular complexity index is 392. The summed E-state index contributed by atoms with van der Waals surface area (Å²) in [5, 5.41) is 15.8. The van der Waals surface area contributed by atoms with Crippen LogP contribution in [0.5, 0.6) is 0 Å². The van der Waals surface area contributed by atoms with E-state index in [9.17, 15) is 18.0 Å². The minimum Gasteiger partial charge on any atom is -0.481 e. The fourth-order valence-corrected chi connectivity index (χ4v) is 1.14. The van der Waals surface area contributed by atoms with Crippen molar-refractivity contribution in [1.82, 2.24) is 15.0 Å². The largest absolute Gasteiger partial charge is 0.481 e. The van der Waals surface area contributed by atoms with Gasteiger partial charge in [-0.3, -0.25) is 4.79 Å². The molecule has 18 heavy (non-hydrogen) atoms. The molecule has 1 N–H and O–H groups in total. The number of carbonyl (C=O) groups is 1. The number of rotatable bonds is 7. The number of nitrogens with zero attached hydrogens (tertiary/aromatic N) is 3. The Labute approximate surface area is 100 Å². The second kappa shape index (κ2) is 6.34. The second-order valence-corrected chi connectivity index (χ2v) is 3.53. The third kappa shape index (κ3) is 6.18. The van der Waals surface area contributed by atoms with Gasteiger partial charge in [0.25, 0.3) is 0 Å². The van der Waals surface area contributed by atoms with Gasteiger partial charge in [-0.05, 0) is 0 Å². The van der Waals surface area contributed by atoms with Gasteiger partial charge in [-0.15, -0.1) is 5.10 Å². The molecule has 0 saturated heterocycles. The fraction of sp³-hybridized carbons (Fsp3) is 0.667. The van der Waals surface area contributed by atoms with Crippen LogP contribution >= 0.6 is 0 Å². The molecule has 6 nitrogen and oxygen atoms in total. The van der Waals surface area contributed by atoms with E-state index in [0.717, 1.165) is 0 Å². The molecule has 102 valence electrons. The SMILES string of the molecule is O=C(O)CCc1cn(CCOCC(F)(F)F)nn1. The summed E-state index contributed by atoms with van der Waals surface area (Å²) >= 11 is 0. The van der Waals surface area contributed by atoms with E-state index in [1.54, 1.807) is 0 Å². The van der Waals surface area contributed by atoms with Gasteiger partial charge in [0.05, 0.1) is 25.3 Å². The Morgan fingerprint density at radius 2 is 2.22 bits per heavy atom.